The van der Waals surface area contributed by atoms with Crippen molar-refractivity contribution in [2.24, 2.45) is 0 Å². The average molecular weight is 257 g/mol. The number of rotatable bonds is 3. The molecular weight excluding hydrogens is 238 g/mol. The van der Waals surface area contributed by atoms with Crippen molar-refractivity contribution in [3.8, 4) is 0 Å². The second kappa shape index (κ2) is 5.49. The van der Waals surface area contributed by atoms with Gasteiger partial charge in [0, 0.05) is 16.3 Å². The van der Waals surface area contributed by atoms with E-state index in [4.69, 9.17) is 5.73 Å². The van der Waals surface area contributed by atoms with E-state index < -0.39 is 0 Å². The first-order chi connectivity index (χ1) is 8.56. The van der Waals surface area contributed by atoms with Crippen molar-refractivity contribution >= 4 is 17.4 Å². The molecule has 0 radical (unpaired) electrons. The minimum Gasteiger partial charge on any atom is -0.398 e. The zero-order valence-electron chi connectivity index (χ0n) is 11.2. The van der Waals surface area contributed by atoms with Crippen molar-refractivity contribution in [2.45, 2.75) is 31.4 Å². The van der Waals surface area contributed by atoms with Crippen molar-refractivity contribution in [2.75, 3.05) is 5.73 Å². The largest absolute Gasteiger partial charge is 0.398 e. The van der Waals surface area contributed by atoms with Gasteiger partial charge in [-0.2, -0.15) is 0 Å². The van der Waals surface area contributed by atoms with E-state index in [2.05, 4.69) is 51.1 Å². The predicted molar refractivity (Wildman–Crippen MR) is 81.1 cm³/mol. The maximum atomic E-state index is 5.99. The second-order valence-electron chi connectivity index (χ2n) is 4.75. The molecule has 2 heteroatoms. The number of nitrogen functional groups attached to an aromatic ring is 1. The molecule has 1 nitrogen and oxygen atoms in total. The minimum atomic E-state index is 0.870. The molecule has 2 aromatic rings. The van der Waals surface area contributed by atoms with Crippen LogP contribution in [0.15, 0.2) is 41.3 Å². The van der Waals surface area contributed by atoms with E-state index in [1.54, 1.807) is 11.8 Å². The van der Waals surface area contributed by atoms with Crippen LogP contribution in [0.4, 0.5) is 5.69 Å². The van der Waals surface area contributed by atoms with Gasteiger partial charge in [0.1, 0.15) is 0 Å². The summed E-state index contributed by atoms with van der Waals surface area (Å²) in [5.74, 6) is 0.967. The van der Waals surface area contributed by atoms with Crippen molar-refractivity contribution in [3.05, 3.63) is 58.7 Å². The maximum Gasteiger partial charge on any atom is 0.0452 e. The van der Waals surface area contributed by atoms with Gasteiger partial charge in [-0.3, -0.25) is 0 Å². The number of benzene rings is 2. The van der Waals surface area contributed by atoms with Crippen LogP contribution in [0.2, 0.25) is 0 Å². The van der Waals surface area contributed by atoms with Gasteiger partial charge in [-0.15, -0.1) is 11.8 Å². The lowest BCUT2D eigenvalue weighted by atomic mass is 10.1. The van der Waals surface area contributed by atoms with E-state index in [9.17, 15) is 0 Å². The summed E-state index contributed by atoms with van der Waals surface area (Å²) in [4.78, 5) is 1.17. The number of anilines is 1. The van der Waals surface area contributed by atoms with Gasteiger partial charge in [-0.05, 0) is 55.2 Å². The van der Waals surface area contributed by atoms with Crippen molar-refractivity contribution in [1.29, 1.82) is 0 Å². The van der Waals surface area contributed by atoms with Crippen molar-refractivity contribution in [1.82, 2.24) is 0 Å². The van der Waals surface area contributed by atoms with Crippen LogP contribution in [0.25, 0.3) is 0 Å². The lowest BCUT2D eigenvalue weighted by Crippen LogP contribution is -1.90. The normalized spacial score (nSPS) is 10.6. The molecule has 0 aliphatic rings. The summed E-state index contributed by atoms with van der Waals surface area (Å²) >= 11 is 1.80. The zero-order valence-corrected chi connectivity index (χ0v) is 12.0. The molecule has 0 saturated carbocycles. The summed E-state index contributed by atoms with van der Waals surface area (Å²) in [6, 6.07) is 12.8. The number of thioether (sulfide) groups is 1. The van der Waals surface area contributed by atoms with Crippen LogP contribution in [0.5, 0.6) is 0 Å². The predicted octanol–water partition coefficient (Wildman–Crippen LogP) is 4.49. The van der Waals surface area contributed by atoms with Gasteiger partial charge in [0.25, 0.3) is 0 Å². The van der Waals surface area contributed by atoms with Gasteiger partial charge in [0.15, 0.2) is 0 Å². The third kappa shape index (κ3) is 3.08. The lowest BCUT2D eigenvalue weighted by molar-refractivity contribution is 1.28. The minimum absolute atomic E-state index is 0.870. The first-order valence-electron chi connectivity index (χ1n) is 6.11. The summed E-state index contributed by atoms with van der Waals surface area (Å²) in [6.07, 6.45) is 0. The smallest absolute Gasteiger partial charge is 0.0452 e. The molecular formula is C16H19NS. The fourth-order valence-corrected chi connectivity index (χ4v) is 2.83. The molecule has 0 aliphatic carbocycles. The third-order valence-corrected chi connectivity index (χ3v) is 4.28. The highest BCUT2D eigenvalue weighted by Gasteiger charge is 2.02. The average Bonchev–Trinajstić information content (AvgIpc) is 2.34. The second-order valence-corrected chi connectivity index (χ2v) is 5.77. The summed E-state index contributed by atoms with van der Waals surface area (Å²) < 4.78 is 0. The molecule has 0 aromatic heterocycles. The lowest BCUT2D eigenvalue weighted by Gasteiger charge is -2.08. The van der Waals surface area contributed by atoms with Crippen LogP contribution >= 0.6 is 11.8 Å². The Morgan fingerprint density at radius 3 is 2.44 bits per heavy atom. The van der Waals surface area contributed by atoms with E-state index in [1.807, 2.05) is 6.07 Å². The molecule has 0 amide bonds. The van der Waals surface area contributed by atoms with E-state index in [0.717, 1.165) is 11.4 Å². The Labute approximate surface area is 113 Å². The molecule has 0 saturated heterocycles. The van der Waals surface area contributed by atoms with Gasteiger partial charge in [0.05, 0.1) is 0 Å². The molecule has 2 rings (SSSR count). The maximum absolute atomic E-state index is 5.99. The monoisotopic (exact) mass is 257 g/mol. The molecule has 0 heterocycles. The number of hydrogen-bond donors (Lipinski definition) is 1. The van der Waals surface area contributed by atoms with E-state index >= 15 is 0 Å². The van der Waals surface area contributed by atoms with Crippen LogP contribution in [-0.2, 0) is 5.75 Å². The van der Waals surface area contributed by atoms with Gasteiger partial charge in [-0.1, -0.05) is 24.3 Å². The van der Waals surface area contributed by atoms with Gasteiger partial charge in [-0.25, -0.2) is 0 Å². The van der Waals surface area contributed by atoms with Gasteiger partial charge in [0.2, 0.25) is 0 Å². The number of aryl methyl sites for hydroxylation is 3. The topological polar surface area (TPSA) is 26.0 Å². The number of hydrogen-bond acceptors (Lipinski definition) is 2. The molecule has 0 unspecified atom stereocenters. The molecule has 0 atom stereocenters. The Morgan fingerprint density at radius 2 is 1.72 bits per heavy atom. The molecule has 0 spiro atoms. The van der Waals surface area contributed by atoms with E-state index in [-0.39, 0.29) is 0 Å². The fourth-order valence-electron chi connectivity index (χ4n) is 1.82. The third-order valence-electron chi connectivity index (χ3n) is 3.13. The van der Waals surface area contributed by atoms with Crippen LogP contribution in [0, 0.1) is 20.8 Å². The Hall–Kier alpha value is -1.41. The van der Waals surface area contributed by atoms with E-state index in [1.165, 1.54) is 27.1 Å². The summed E-state index contributed by atoms with van der Waals surface area (Å²) in [6.45, 7) is 6.40. The standard InChI is InChI=1S/C16H19NS/c1-11-4-7-15(17)16(8-11)18-10-14-6-5-12(2)13(3)9-14/h4-9H,10,17H2,1-3H3. The van der Waals surface area contributed by atoms with Gasteiger partial charge < -0.3 is 5.73 Å². The summed E-state index contributed by atoms with van der Waals surface area (Å²) in [5, 5.41) is 0. The first kappa shape index (κ1) is 13.0. The van der Waals surface area contributed by atoms with Crippen LogP contribution < -0.4 is 5.73 Å². The Balaban J connectivity index is 2.11. The number of nitrogens with two attached hydrogens (primary N) is 1. The Morgan fingerprint density at radius 1 is 0.944 bits per heavy atom. The Kier molecular flexibility index (Phi) is 3.97. The highest BCUT2D eigenvalue weighted by molar-refractivity contribution is 7.98. The van der Waals surface area contributed by atoms with Crippen LogP contribution in [0.3, 0.4) is 0 Å². The van der Waals surface area contributed by atoms with Crippen molar-refractivity contribution in [3.63, 3.8) is 0 Å². The van der Waals surface area contributed by atoms with Crippen molar-refractivity contribution < 1.29 is 0 Å². The molecule has 2 N–H and O–H groups in total. The van der Waals surface area contributed by atoms with Crippen LogP contribution in [0.1, 0.15) is 22.3 Å². The molecule has 18 heavy (non-hydrogen) atoms. The fraction of sp³-hybridized carbons (Fsp3) is 0.250. The quantitative estimate of drug-likeness (QED) is 0.648. The SMILES string of the molecule is Cc1ccc(N)c(SCc2ccc(C)c(C)c2)c1. The highest BCUT2D eigenvalue weighted by Crippen LogP contribution is 2.29. The molecule has 2 aromatic carbocycles. The van der Waals surface area contributed by atoms with E-state index in [0.29, 0.717) is 0 Å². The molecule has 0 fully saturated rings. The summed E-state index contributed by atoms with van der Waals surface area (Å²) in [7, 11) is 0. The zero-order chi connectivity index (χ0) is 13.1. The molecule has 0 aliphatic heterocycles. The Bertz CT molecular complexity index is 561. The van der Waals surface area contributed by atoms with Crippen LogP contribution in [-0.4, -0.2) is 0 Å². The first-order valence-corrected chi connectivity index (χ1v) is 7.10. The molecule has 0 bridgehead atoms. The van der Waals surface area contributed by atoms with Gasteiger partial charge >= 0.3 is 0 Å². The molecule has 94 valence electrons. The summed E-state index contributed by atoms with van der Waals surface area (Å²) in [5.41, 5.74) is 12.2. The highest BCUT2D eigenvalue weighted by atomic mass is 32.2.